The first-order valence-corrected chi connectivity index (χ1v) is 15.1. The van der Waals surface area contributed by atoms with E-state index in [4.69, 9.17) is 18.9 Å². The number of hydrogen-bond donors (Lipinski definition) is 5. The van der Waals surface area contributed by atoms with Crippen molar-refractivity contribution >= 4 is 5.97 Å². The Hall–Kier alpha value is -1.11. The van der Waals surface area contributed by atoms with Gasteiger partial charge in [-0.25, -0.2) is 4.79 Å². The highest BCUT2D eigenvalue weighted by molar-refractivity contribution is 5.85. The number of aliphatic hydroxyl groups is 5. The van der Waals surface area contributed by atoms with Crippen LogP contribution < -0.4 is 0 Å². The van der Waals surface area contributed by atoms with Crippen LogP contribution in [0.4, 0.5) is 0 Å². The second kappa shape index (κ2) is 9.98. The van der Waals surface area contributed by atoms with Gasteiger partial charge in [-0.2, -0.15) is 0 Å². The molecule has 4 aliphatic carbocycles. The number of cyclic esters (lactones) is 1. The van der Waals surface area contributed by atoms with Crippen molar-refractivity contribution in [2.24, 2.45) is 28.6 Å². The predicted octanol–water partition coefficient (Wildman–Crippen LogP) is 1.20. The number of carbonyl (C=O) groups excluding carboxylic acids is 1. The van der Waals surface area contributed by atoms with Crippen molar-refractivity contribution in [3.05, 3.63) is 11.6 Å². The van der Waals surface area contributed by atoms with Gasteiger partial charge < -0.3 is 44.5 Å². The average molecular weight is 567 g/mol. The Kier molecular flexibility index (Phi) is 7.23. The first-order chi connectivity index (χ1) is 18.9. The van der Waals surface area contributed by atoms with Crippen LogP contribution >= 0.6 is 0 Å². The van der Waals surface area contributed by atoms with Gasteiger partial charge in [-0.1, -0.05) is 6.92 Å². The smallest absolute Gasteiger partial charge is 0.331 e. The zero-order valence-corrected chi connectivity index (χ0v) is 23.8. The minimum absolute atomic E-state index is 0.0472. The predicted molar refractivity (Wildman–Crippen MR) is 141 cm³/mol. The molecule has 5 N–H and O–H groups in total. The molecule has 0 aromatic heterocycles. The van der Waals surface area contributed by atoms with Crippen LogP contribution in [0.3, 0.4) is 0 Å². The summed E-state index contributed by atoms with van der Waals surface area (Å²) in [6.07, 6.45) is 2.04. The van der Waals surface area contributed by atoms with Crippen LogP contribution in [-0.4, -0.2) is 99.8 Å². The standard InChI is InChI=1S/C30H46O10/c1-16-23(33)25(37-3)24(34)26(39-16)40-18-4-9-28(15-31)20-5-8-27(2)19(17-12-22(32)38-14-17)7-11-30(27,36)21(20)6-10-29(28,35)13-18/h12,16,18-21,23-26,31,33-36H,4-11,13-15H2,1-3H3/t16-,18+,19-,20+,21-,23-,24-,25+,26+,27-,28+,29+,30+/m1/s1. The van der Waals surface area contributed by atoms with Crippen LogP contribution in [0, 0.1) is 28.6 Å². The molecule has 0 aromatic rings. The molecule has 10 nitrogen and oxygen atoms in total. The lowest BCUT2D eigenvalue weighted by Crippen LogP contribution is -2.69. The van der Waals surface area contributed by atoms with E-state index < -0.39 is 58.8 Å². The van der Waals surface area contributed by atoms with Gasteiger partial charge in [0.25, 0.3) is 0 Å². The molecule has 0 unspecified atom stereocenters. The number of methoxy groups -OCH3 is 1. The first kappa shape index (κ1) is 29.0. The third-order valence-corrected chi connectivity index (χ3v) is 12.4. The molecule has 10 heteroatoms. The molecule has 6 rings (SSSR count). The molecule has 226 valence electrons. The third-order valence-electron chi connectivity index (χ3n) is 12.4. The topological polar surface area (TPSA) is 155 Å². The van der Waals surface area contributed by atoms with Gasteiger partial charge in [0.1, 0.15) is 24.9 Å². The highest BCUT2D eigenvalue weighted by atomic mass is 16.7. The summed E-state index contributed by atoms with van der Waals surface area (Å²) < 4.78 is 22.5. The molecule has 0 bridgehead atoms. The molecule has 13 atom stereocenters. The van der Waals surface area contributed by atoms with E-state index in [1.807, 2.05) is 0 Å². The van der Waals surface area contributed by atoms with E-state index in [0.29, 0.717) is 45.1 Å². The number of hydrogen-bond acceptors (Lipinski definition) is 10. The summed E-state index contributed by atoms with van der Waals surface area (Å²) in [4.78, 5) is 11.8. The maximum Gasteiger partial charge on any atom is 0.331 e. The van der Waals surface area contributed by atoms with Crippen molar-refractivity contribution < 1.29 is 49.3 Å². The minimum atomic E-state index is -1.19. The number of fused-ring (bicyclic) bond motifs is 5. The molecule has 6 aliphatic rings. The van der Waals surface area contributed by atoms with E-state index >= 15 is 0 Å². The molecule has 0 spiro atoms. The third kappa shape index (κ3) is 3.93. The van der Waals surface area contributed by atoms with Gasteiger partial charge in [0.2, 0.25) is 0 Å². The van der Waals surface area contributed by atoms with Gasteiger partial charge in [-0.15, -0.1) is 0 Å². The van der Waals surface area contributed by atoms with Crippen LogP contribution in [0.5, 0.6) is 0 Å². The fourth-order valence-electron chi connectivity index (χ4n) is 10.2. The number of aliphatic hydroxyl groups excluding tert-OH is 3. The molecule has 2 aliphatic heterocycles. The van der Waals surface area contributed by atoms with Crippen LogP contribution in [0.2, 0.25) is 0 Å². The summed E-state index contributed by atoms with van der Waals surface area (Å²) in [5.41, 5.74) is -2.31. The Labute approximate surface area is 235 Å². The van der Waals surface area contributed by atoms with Crippen molar-refractivity contribution in [3.8, 4) is 0 Å². The zero-order valence-electron chi connectivity index (χ0n) is 23.8. The second-order valence-corrected chi connectivity index (χ2v) is 13.8. The lowest BCUT2D eigenvalue weighted by Gasteiger charge is -2.66. The summed E-state index contributed by atoms with van der Waals surface area (Å²) in [6, 6.07) is 0. The fraction of sp³-hybridized carbons (Fsp3) is 0.900. The van der Waals surface area contributed by atoms with Crippen molar-refractivity contribution in [2.75, 3.05) is 20.3 Å². The van der Waals surface area contributed by atoms with E-state index in [1.54, 1.807) is 13.0 Å². The van der Waals surface area contributed by atoms with Crippen LogP contribution in [0.1, 0.15) is 71.6 Å². The number of rotatable bonds is 5. The van der Waals surface area contributed by atoms with Gasteiger partial charge in [0, 0.05) is 30.4 Å². The normalized spacial score (nSPS) is 54.2. The summed E-state index contributed by atoms with van der Waals surface area (Å²) in [7, 11) is 1.43. The molecule has 0 aromatic carbocycles. The van der Waals surface area contributed by atoms with Crippen molar-refractivity contribution in [3.63, 3.8) is 0 Å². The Balaban J connectivity index is 1.21. The van der Waals surface area contributed by atoms with Crippen molar-refractivity contribution in [2.45, 2.75) is 120 Å². The quantitative estimate of drug-likeness (QED) is 0.242. The summed E-state index contributed by atoms with van der Waals surface area (Å²) >= 11 is 0. The number of esters is 1. The van der Waals surface area contributed by atoms with E-state index in [9.17, 15) is 30.3 Å². The molecule has 0 amide bonds. The van der Waals surface area contributed by atoms with E-state index in [-0.39, 0.29) is 30.3 Å². The molecule has 2 heterocycles. The van der Waals surface area contributed by atoms with Gasteiger partial charge in [0.05, 0.1) is 30.0 Å². The van der Waals surface area contributed by atoms with Crippen molar-refractivity contribution in [1.82, 2.24) is 0 Å². The Morgan fingerprint density at radius 2 is 1.77 bits per heavy atom. The number of carbonyl (C=O) groups is 1. The van der Waals surface area contributed by atoms with E-state index in [0.717, 1.165) is 24.8 Å². The first-order valence-electron chi connectivity index (χ1n) is 15.1. The molecule has 40 heavy (non-hydrogen) atoms. The summed E-state index contributed by atoms with van der Waals surface area (Å²) in [5, 5.41) is 56.7. The van der Waals surface area contributed by atoms with E-state index in [1.165, 1.54) is 7.11 Å². The molecular formula is C30H46O10. The second-order valence-electron chi connectivity index (χ2n) is 13.8. The highest BCUT2D eigenvalue weighted by Gasteiger charge is 2.71. The maximum atomic E-state index is 12.4. The lowest BCUT2D eigenvalue weighted by atomic mass is 9.41. The van der Waals surface area contributed by atoms with Crippen LogP contribution in [0.25, 0.3) is 0 Å². The lowest BCUT2D eigenvalue weighted by molar-refractivity contribution is -0.324. The van der Waals surface area contributed by atoms with Gasteiger partial charge in [-0.3, -0.25) is 0 Å². The molecule has 0 radical (unpaired) electrons. The molecule has 1 saturated heterocycles. The Morgan fingerprint density at radius 3 is 2.45 bits per heavy atom. The molecule has 4 saturated carbocycles. The Morgan fingerprint density at radius 1 is 1.02 bits per heavy atom. The summed E-state index contributed by atoms with van der Waals surface area (Å²) in [6.45, 7) is 3.99. The van der Waals surface area contributed by atoms with Gasteiger partial charge in [-0.05, 0) is 81.6 Å². The molecule has 5 fully saturated rings. The van der Waals surface area contributed by atoms with E-state index in [2.05, 4.69) is 6.92 Å². The van der Waals surface area contributed by atoms with Gasteiger partial charge >= 0.3 is 5.97 Å². The SMILES string of the molecule is CO[C@@H]1[C@@H](O)[C@H](O[C@H]2CC[C@]3(CO)[C@H]4CC[C@]5(C)[C@@H](C6=CC(=O)OC6)CC[C@]5(O)[C@@H]4CC[C@]3(O)C2)O[C@H](C)[C@H]1O. The minimum Gasteiger partial charge on any atom is -0.458 e. The molecular weight excluding hydrogens is 520 g/mol. The van der Waals surface area contributed by atoms with Crippen molar-refractivity contribution in [1.29, 1.82) is 0 Å². The average Bonchev–Trinajstić information content (AvgIpc) is 3.46. The number of ether oxygens (including phenoxy) is 4. The monoisotopic (exact) mass is 566 g/mol. The maximum absolute atomic E-state index is 12.4. The highest BCUT2D eigenvalue weighted by Crippen LogP contribution is 2.70. The zero-order chi connectivity index (χ0) is 28.7. The summed E-state index contributed by atoms with van der Waals surface area (Å²) in [5.74, 6) is -0.334. The van der Waals surface area contributed by atoms with Crippen LogP contribution in [0.15, 0.2) is 11.6 Å². The fourth-order valence-corrected chi connectivity index (χ4v) is 10.2. The van der Waals surface area contributed by atoms with Gasteiger partial charge in [0.15, 0.2) is 6.29 Å². The largest absolute Gasteiger partial charge is 0.458 e. The Bertz CT molecular complexity index is 1030. The van der Waals surface area contributed by atoms with Crippen LogP contribution in [-0.2, 0) is 23.7 Å².